The van der Waals surface area contributed by atoms with Crippen molar-refractivity contribution >= 4 is 55.4 Å². The van der Waals surface area contributed by atoms with E-state index < -0.39 is 10.0 Å². The van der Waals surface area contributed by atoms with Gasteiger partial charge in [0.1, 0.15) is 5.82 Å². The maximum absolute atomic E-state index is 13.3. The molecule has 34 heavy (non-hydrogen) atoms. The van der Waals surface area contributed by atoms with Crippen LogP contribution in [0.1, 0.15) is 37.1 Å². The van der Waals surface area contributed by atoms with Crippen molar-refractivity contribution < 1.29 is 17.9 Å². The second-order valence-electron chi connectivity index (χ2n) is 8.23. The number of allylic oxidation sites excluding steroid dienone is 1. The topological polar surface area (TPSA) is 108 Å². The molecule has 2 atom stereocenters. The van der Waals surface area contributed by atoms with Gasteiger partial charge in [0.15, 0.2) is 11.3 Å². The summed E-state index contributed by atoms with van der Waals surface area (Å²) in [6, 6.07) is 8.44. The van der Waals surface area contributed by atoms with E-state index in [1.54, 1.807) is 43.3 Å². The maximum Gasteiger partial charge on any atom is 0.330 e. The van der Waals surface area contributed by atoms with E-state index >= 15 is 0 Å². The normalized spacial score (nSPS) is 19.9. The van der Waals surface area contributed by atoms with Crippen LogP contribution in [0, 0.1) is 6.92 Å². The molecule has 1 aliphatic carbocycles. The summed E-state index contributed by atoms with van der Waals surface area (Å²) in [6.07, 6.45) is 6.01. The Labute approximate surface area is 210 Å². The number of benzene rings is 1. The third-order valence-electron chi connectivity index (χ3n) is 5.96. The smallest absolute Gasteiger partial charge is 0.330 e. The van der Waals surface area contributed by atoms with Gasteiger partial charge in [0.25, 0.3) is 10.0 Å². The summed E-state index contributed by atoms with van der Waals surface area (Å²) in [5.74, 6) is 0.399. The van der Waals surface area contributed by atoms with Crippen molar-refractivity contribution in [1.82, 2.24) is 23.6 Å². The van der Waals surface area contributed by atoms with Crippen molar-refractivity contribution in [2.75, 3.05) is 6.61 Å². The number of fused-ring (bicyclic) bond motifs is 3. The lowest BCUT2D eigenvalue weighted by atomic mass is 10.1. The lowest BCUT2D eigenvalue weighted by Crippen LogP contribution is -2.13. The van der Waals surface area contributed by atoms with Crippen molar-refractivity contribution in [2.24, 2.45) is 0 Å². The van der Waals surface area contributed by atoms with E-state index in [1.807, 2.05) is 11.3 Å². The van der Waals surface area contributed by atoms with E-state index in [2.05, 4.69) is 37.8 Å². The minimum absolute atomic E-state index is 0.0129. The molecule has 9 nitrogen and oxygen atoms in total. The van der Waals surface area contributed by atoms with Gasteiger partial charge in [-0.2, -0.15) is 0 Å². The molecular weight excluding hydrogens is 569 g/mol. The molecule has 0 bridgehead atoms. The van der Waals surface area contributed by atoms with Crippen molar-refractivity contribution in [1.29, 1.82) is 0 Å². The van der Waals surface area contributed by atoms with E-state index in [0.29, 0.717) is 29.8 Å². The third kappa shape index (κ3) is 3.90. The van der Waals surface area contributed by atoms with Crippen molar-refractivity contribution in [3.63, 3.8) is 0 Å². The van der Waals surface area contributed by atoms with Crippen molar-refractivity contribution in [2.45, 2.75) is 41.4 Å². The molecule has 1 aliphatic rings. The maximum atomic E-state index is 13.3. The number of rotatable bonds is 5. The highest BCUT2D eigenvalue weighted by atomic mass is 127. The predicted octanol–water partition coefficient (Wildman–Crippen LogP) is 3.79. The fourth-order valence-corrected chi connectivity index (χ4v) is 6.76. The summed E-state index contributed by atoms with van der Waals surface area (Å²) >= 11 is 2.37. The fraction of sp³-hybridized carbons (Fsp3) is 0.304. The van der Waals surface area contributed by atoms with E-state index in [-0.39, 0.29) is 20.7 Å². The Bertz CT molecular complexity index is 1540. The highest BCUT2D eigenvalue weighted by molar-refractivity contribution is 14.1. The monoisotopic (exact) mass is 591 g/mol. The Hall–Kier alpha value is -2.80. The Morgan fingerprint density at radius 1 is 1.21 bits per heavy atom. The quantitative estimate of drug-likeness (QED) is 0.150. The zero-order valence-electron chi connectivity index (χ0n) is 18.6. The average molecular weight is 591 g/mol. The zero-order valence-corrected chi connectivity index (χ0v) is 21.5. The molecule has 11 heteroatoms. The summed E-state index contributed by atoms with van der Waals surface area (Å²) in [7, 11) is -3.82. The molecular formula is C23H22IN5O4S. The molecule has 0 spiro atoms. The van der Waals surface area contributed by atoms with Gasteiger partial charge < -0.3 is 4.74 Å². The van der Waals surface area contributed by atoms with Crippen LogP contribution in [0.5, 0.6) is 0 Å². The van der Waals surface area contributed by atoms with Crippen LogP contribution in [0.4, 0.5) is 0 Å². The van der Waals surface area contributed by atoms with Gasteiger partial charge in [0.05, 0.1) is 23.2 Å². The molecule has 1 aromatic carbocycles. The van der Waals surface area contributed by atoms with Crippen LogP contribution in [0.25, 0.3) is 16.8 Å². The summed E-state index contributed by atoms with van der Waals surface area (Å²) in [5.41, 5.74) is 3.44. The molecule has 0 N–H and O–H groups in total. The van der Waals surface area contributed by atoms with Crippen LogP contribution < -0.4 is 0 Å². The minimum Gasteiger partial charge on any atom is -0.463 e. The average Bonchev–Trinajstić information content (AvgIpc) is 3.50. The highest BCUT2D eigenvalue weighted by Crippen LogP contribution is 2.42. The molecule has 0 aliphatic heterocycles. The number of carbonyl (C=O) groups is 1. The first-order valence-electron chi connectivity index (χ1n) is 10.8. The SMILES string of the molecule is CCOC(=O)/C=C1\C[C@@H](I)[C@@H](c2nnc3cnc4c(ccn4S(=O)(=O)c4ccc(C)cc4)n23)C1. The number of halogens is 1. The zero-order chi connectivity index (χ0) is 24.0. The number of nitrogens with zero attached hydrogens (tertiary/aromatic N) is 5. The van der Waals surface area contributed by atoms with Gasteiger partial charge in [-0.25, -0.2) is 22.2 Å². The van der Waals surface area contributed by atoms with Gasteiger partial charge in [-0.05, 0) is 44.9 Å². The lowest BCUT2D eigenvalue weighted by molar-refractivity contribution is -0.137. The number of ether oxygens (including phenoxy) is 1. The second-order valence-corrected chi connectivity index (χ2v) is 11.6. The Balaban J connectivity index is 1.58. The number of hydrogen-bond donors (Lipinski definition) is 0. The third-order valence-corrected chi connectivity index (χ3v) is 8.94. The molecule has 0 saturated heterocycles. The molecule has 3 heterocycles. The van der Waals surface area contributed by atoms with Gasteiger partial charge in [-0.3, -0.25) is 4.40 Å². The Morgan fingerprint density at radius 3 is 2.71 bits per heavy atom. The number of esters is 1. The number of aromatic nitrogens is 5. The van der Waals surface area contributed by atoms with Crippen LogP contribution in [0.3, 0.4) is 0 Å². The molecule has 3 aromatic heterocycles. The first-order chi connectivity index (χ1) is 16.3. The first kappa shape index (κ1) is 23.0. The highest BCUT2D eigenvalue weighted by Gasteiger charge is 2.34. The van der Waals surface area contributed by atoms with Crippen LogP contribution in [-0.2, 0) is 19.6 Å². The molecule has 0 amide bonds. The van der Waals surface area contributed by atoms with Gasteiger partial charge >= 0.3 is 5.97 Å². The van der Waals surface area contributed by atoms with E-state index in [1.165, 1.54) is 16.4 Å². The molecule has 176 valence electrons. The largest absolute Gasteiger partial charge is 0.463 e. The van der Waals surface area contributed by atoms with Gasteiger partial charge in [0, 0.05) is 22.1 Å². The van der Waals surface area contributed by atoms with Crippen molar-refractivity contribution in [3.8, 4) is 0 Å². The fourth-order valence-electron chi connectivity index (χ4n) is 4.32. The van der Waals surface area contributed by atoms with E-state index in [0.717, 1.165) is 23.4 Å². The summed E-state index contributed by atoms with van der Waals surface area (Å²) in [5, 5.41) is 8.71. The minimum atomic E-state index is -3.82. The first-order valence-corrected chi connectivity index (χ1v) is 13.5. The number of aryl methyl sites for hydroxylation is 1. The van der Waals surface area contributed by atoms with Crippen molar-refractivity contribution in [3.05, 3.63) is 65.8 Å². The molecule has 0 unspecified atom stereocenters. The van der Waals surface area contributed by atoms with Gasteiger partial charge in [-0.15, -0.1) is 10.2 Å². The van der Waals surface area contributed by atoms with Crippen LogP contribution in [-0.4, -0.2) is 48.5 Å². The molecule has 0 radical (unpaired) electrons. The Morgan fingerprint density at radius 2 is 1.97 bits per heavy atom. The van der Waals surface area contributed by atoms with Crippen LogP contribution in [0.2, 0.25) is 0 Å². The van der Waals surface area contributed by atoms with Crippen LogP contribution >= 0.6 is 22.6 Å². The summed E-state index contributed by atoms with van der Waals surface area (Å²) in [6.45, 7) is 4.02. The van der Waals surface area contributed by atoms with Gasteiger partial charge in [0.2, 0.25) is 0 Å². The number of hydrogen-bond acceptors (Lipinski definition) is 7. The van der Waals surface area contributed by atoms with E-state index in [4.69, 9.17) is 4.74 Å². The Kier molecular flexibility index (Phi) is 5.92. The molecule has 4 aromatic rings. The number of alkyl halides is 1. The van der Waals surface area contributed by atoms with Gasteiger partial charge in [-0.1, -0.05) is 45.9 Å². The molecule has 1 fully saturated rings. The molecule has 5 rings (SSSR count). The molecule has 1 saturated carbocycles. The standard InChI is InChI=1S/C23H22IN5O4S/c1-3-33-21(30)12-15-10-17(18(24)11-15)22-27-26-20-13-25-23-19(29(20)22)8-9-28(23)34(31,32)16-6-4-14(2)5-7-16/h4-9,12-13,17-18H,3,10-11H2,1-2H3/b15-12-/t17-,18+/m0/s1. The lowest BCUT2D eigenvalue weighted by Gasteiger charge is -2.12. The summed E-state index contributed by atoms with van der Waals surface area (Å²) < 4.78 is 34.9. The van der Waals surface area contributed by atoms with E-state index in [9.17, 15) is 13.2 Å². The predicted molar refractivity (Wildman–Crippen MR) is 135 cm³/mol. The van der Waals surface area contributed by atoms with Crippen LogP contribution in [0.15, 0.2) is 59.3 Å². The summed E-state index contributed by atoms with van der Waals surface area (Å²) in [4.78, 5) is 16.5. The second kappa shape index (κ2) is 8.77. The number of carbonyl (C=O) groups excluding carboxylic acids is 1.